The molecule has 1 saturated heterocycles. The summed E-state index contributed by atoms with van der Waals surface area (Å²) in [5, 5.41) is 5.36. The van der Waals surface area contributed by atoms with Gasteiger partial charge in [0.15, 0.2) is 1.41 Å². The average molecular weight is 248 g/mol. The van der Waals surface area contributed by atoms with E-state index in [0.717, 1.165) is 0 Å². The summed E-state index contributed by atoms with van der Waals surface area (Å²) in [7, 11) is 4.15. The number of ether oxygens (including phenoxy) is 1. The topological polar surface area (TPSA) is 82.5 Å². The van der Waals surface area contributed by atoms with Crippen LogP contribution in [0.25, 0.3) is 0 Å². The van der Waals surface area contributed by atoms with Crippen molar-refractivity contribution < 1.29 is 15.7 Å². The van der Waals surface area contributed by atoms with E-state index in [4.69, 9.17) is 6.15 Å². The number of nitrogens with one attached hydrogen (secondary N) is 2. The van der Waals surface area contributed by atoms with Crippen LogP contribution in [0, 0.1) is 5.15 Å². The molecule has 0 radical (unpaired) electrons. The highest BCUT2D eigenvalue weighted by molar-refractivity contribution is 7.02. The van der Waals surface area contributed by atoms with E-state index in [2.05, 4.69) is 19.5 Å². The molecule has 0 bridgehead atoms. The third-order valence-corrected chi connectivity index (χ3v) is 2.30. The maximum atomic E-state index is 11.6. The van der Waals surface area contributed by atoms with Gasteiger partial charge in [0.05, 0.1) is 12.5 Å². The number of amides is 2. The average Bonchev–Trinajstić information content (AvgIpc) is 2.55. The molecule has 92 valence electrons. The number of likely N-dealkylation sites (N-methyl/N-ethyl adjacent to an activating group) is 1. The second-order valence-corrected chi connectivity index (χ2v) is 3.20. The van der Waals surface area contributed by atoms with Crippen molar-refractivity contribution in [3.05, 3.63) is 0 Å². The zero-order chi connectivity index (χ0) is 13.4. The Labute approximate surface area is 98.9 Å². The van der Waals surface area contributed by atoms with Crippen LogP contribution in [-0.4, -0.2) is 42.6 Å². The van der Waals surface area contributed by atoms with E-state index >= 15 is 0 Å². The predicted molar refractivity (Wildman–Crippen MR) is 61.4 cm³/mol. The molecule has 0 saturated carbocycles. The van der Waals surface area contributed by atoms with E-state index in [1.54, 1.807) is 14.0 Å². The Morgan fingerprint density at radius 1 is 1.81 bits per heavy atom. The molecule has 6 nitrogen and oxygen atoms in total. The third-order valence-electron chi connectivity index (χ3n) is 2.30. The zero-order valence-corrected chi connectivity index (χ0v) is 10.7. The van der Waals surface area contributed by atoms with Gasteiger partial charge in [-0.1, -0.05) is 0 Å². The first-order chi connectivity index (χ1) is 8.03. The van der Waals surface area contributed by atoms with Gasteiger partial charge in [-0.3, -0.25) is 19.6 Å². The molecule has 0 aromatic rings. The van der Waals surface area contributed by atoms with Crippen LogP contribution in [0.15, 0.2) is 0 Å². The Kier molecular flexibility index (Phi) is 6.15. The largest absolute Gasteiger partial charge is 0.358 e. The van der Waals surface area contributed by atoms with E-state index in [9.17, 15) is 9.59 Å². The van der Waals surface area contributed by atoms with E-state index in [1.165, 1.54) is 4.90 Å². The number of carbonyl (C=O) groups is 2. The van der Waals surface area contributed by atoms with E-state index < -0.39 is 6.23 Å². The second kappa shape index (κ2) is 7.44. The fourth-order valence-electron chi connectivity index (χ4n) is 1.57. The highest BCUT2D eigenvalue weighted by Gasteiger charge is 2.40. The number of hydrogen-bond acceptors (Lipinski definition) is 5. The van der Waals surface area contributed by atoms with Gasteiger partial charge in [-0.15, -0.1) is 0 Å². The Bertz CT molecular complexity index is 291. The van der Waals surface area contributed by atoms with E-state index in [0.29, 0.717) is 6.61 Å². The first-order valence-electron chi connectivity index (χ1n) is 5.43. The van der Waals surface area contributed by atoms with Gasteiger partial charge in [0.2, 0.25) is 11.8 Å². The number of hydrogen-bond donors (Lipinski definition) is 2. The molecule has 0 spiro atoms. The lowest BCUT2D eigenvalue weighted by atomic mass is 10.2. The van der Waals surface area contributed by atoms with Crippen LogP contribution in [0.1, 0.15) is 20.3 Å². The maximum Gasteiger partial charge on any atom is 0.248 e. The monoisotopic (exact) mass is 248 g/mol. The number of rotatable bonds is 4. The molecule has 2 unspecified atom stereocenters. The molecular weight excluding hydrogens is 229 g/mol. The quantitative estimate of drug-likeness (QED) is 0.564. The minimum absolute atomic E-state index is 0.171. The molecule has 1 aliphatic rings. The summed E-state index contributed by atoms with van der Waals surface area (Å²) >= 11 is 0. The molecule has 1 heterocycles. The third kappa shape index (κ3) is 3.33. The van der Waals surface area contributed by atoms with Gasteiger partial charge in [-0.25, -0.2) is 0 Å². The molecule has 7 heteroatoms. The van der Waals surface area contributed by atoms with E-state index in [-0.39, 0.29) is 24.3 Å². The Balaban J connectivity index is 0.000000770. The number of carbonyl (C=O) groups excluding carboxylic acids is 2. The van der Waals surface area contributed by atoms with Gasteiger partial charge in [0.25, 0.3) is 0 Å². The SMILES string of the molecule is CCOC(C)N1C(=O)CC(NC)C1=O.[2H]N=P. The standard InChI is InChI=1S/C9H16N2O3.H2NP/c1-4-14-6(2)11-8(12)5-7(10-3)9(11)13;1-2/h6-7,10H,4-5H2,1-3H3;1-2H/i/hD. The van der Waals surface area contributed by atoms with Gasteiger partial charge in [-0.2, -0.15) is 0 Å². The highest BCUT2D eigenvalue weighted by atomic mass is 31.0. The summed E-state index contributed by atoms with van der Waals surface area (Å²) in [5.41, 5.74) is 0. The van der Waals surface area contributed by atoms with Crippen LogP contribution >= 0.6 is 9.03 Å². The van der Waals surface area contributed by atoms with E-state index in [1.807, 2.05) is 6.92 Å². The molecule has 1 fully saturated rings. The molecule has 0 aromatic carbocycles. The van der Waals surface area contributed by atoms with Gasteiger partial charge in [-0.05, 0) is 29.9 Å². The van der Waals surface area contributed by atoms with Crippen LogP contribution < -0.4 is 5.32 Å². The van der Waals surface area contributed by atoms with Crippen LogP contribution in [0.4, 0.5) is 0 Å². The molecule has 16 heavy (non-hydrogen) atoms. The number of imide groups is 1. The molecule has 1 rings (SSSR count). The minimum atomic E-state index is -0.460. The van der Waals surface area contributed by atoms with Gasteiger partial charge in [0, 0.05) is 6.61 Å². The van der Waals surface area contributed by atoms with Crippen LogP contribution in [-0.2, 0) is 14.3 Å². The fraction of sp³-hybridized carbons (Fsp3) is 0.778. The summed E-state index contributed by atoms with van der Waals surface area (Å²) < 4.78 is 11.0. The Morgan fingerprint density at radius 3 is 2.75 bits per heavy atom. The van der Waals surface area contributed by atoms with Crippen molar-refractivity contribution in [1.29, 1.82) is 5.15 Å². The fourth-order valence-corrected chi connectivity index (χ4v) is 1.57. The maximum absolute atomic E-state index is 11.6. The lowest BCUT2D eigenvalue weighted by Crippen LogP contribution is -2.43. The van der Waals surface area contributed by atoms with Crippen molar-refractivity contribution in [2.45, 2.75) is 32.5 Å². The van der Waals surface area contributed by atoms with Gasteiger partial charge in [0.1, 0.15) is 6.23 Å². The summed E-state index contributed by atoms with van der Waals surface area (Å²) in [5.74, 6) is -0.367. The summed E-state index contributed by atoms with van der Waals surface area (Å²) in [4.78, 5) is 24.3. The molecule has 2 N–H and O–H groups in total. The summed E-state index contributed by atoms with van der Waals surface area (Å²) in [6.45, 7) is 4.02. The molecule has 1 aliphatic heterocycles. The zero-order valence-electron chi connectivity index (χ0n) is 10.7. The highest BCUT2D eigenvalue weighted by Crippen LogP contribution is 2.16. The van der Waals surface area contributed by atoms with Crippen LogP contribution in [0.5, 0.6) is 0 Å². The van der Waals surface area contributed by atoms with Gasteiger partial charge >= 0.3 is 0 Å². The first-order valence-corrected chi connectivity index (χ1v) is 5.43. The van der Waals surface area contributed by atoms with Crippen molar-refractivity contribution >= 4 is 20.8 Å². The smallest absolute Gasteiger partial charge is 0.248 e. The lowest BCUT2D eigenvalue weighted by molar-refractivity contribution is -0.152. The first kappa shape index (κ1) is 13.2. The minimum Gasteiger partial charge on any atom is -0.358 e. The number of nitrogens with zero attached hydrogens (tertiary/aromatic N) is 1. The van der Waals surface area contributed by atoms with Crippen molar-refractivity contribution in [1.82, 2.24) is 10.2 Å². The molecule has 2 atom stereocenters. The van der Waals surface area contributed by atoms with Crippen molar-refractivity contribution in [3.63, 3.8) is 0 Å². The second-order valence-electron chi connectivity index (χ2n) is 3.20. The normalized spacial score (nSPS) is 22.3. The predicted octanol–water partition coefficient (Wildman–Crippen LogP) is 0.607. The molecule has 2 amide bonds. The molecule has 0 aliphatic carbocycles. The molecular formula is C9H18N3O3P. The lowest BCUT2D eigenvalue weighted by Gasteiger charge is -2.22. The Morgan fingerprint density at radius 2 is 2.38 bits per heavy atom. The Hall–Kier alpha value is -0.840. The molecule has 0 aromatic heterocycles. The van der Waals surface area contributed by atoms with Crippen molar-refractivity contribution in [2.75, 3.05) is 13.7 Å². The van der Waals surface area contributed by atoms with Crippen LogP contribution in [0.3, 0.4) is 0 Å². The van der Waals surface area contributed by atoms with Crippen molar-refractivity contribution in [2.24, 2.45) is 0 Å². The van der Waals surface area contributed by atoms with Crippen molar-refractivity contribution in [3.8, 4) is 0 Å². The number of likely N-dealkylation sites (tertiary alicyclic amines) is 1. The van der Waals surface area contributed by atoms with Crippen LogP contribution in [0.2, 0.25) is 1.41 Å². The van der Waals surface area contributed by atoms with Gasteiger partial charge < -0.3 is 10.1 Å². The summed E-state index contributed by atoms with van der Waals surface area (Å²) in [6, 6.07) is -0.384. The summed E-state index contributed by atoms with van der Waals surface area (Å²) in [6.07, 6.45) is -0.231.